The van der Waals surface area contributed by atoms with Crippen LogP contribution in [0.4, 0.5) is 0 Å². The molecule has 2 rings (SSSR count). The molecule has 3 N–H and O–H groups in total. The van der Waals surface area contributed by atoms with E-state index in [0.717, 1.165) is 51.4 Å². The molecule has 0 bridgehead atoms. The van der Waals surface area contributed by atoms with Crippen LogP contribution < -0.4 is 10.6 Å². The van der Waals surface area contributed by atoms with Crippen molar-refractivity contribution >= 4 is 29.5 Å². The van der Waals surface area contributed by atoms with Crippen molar-refractivity contribution < 1.29 is 33.8 Å². The van der Waals surface area contributed by atoms with Crippen molar-refractivity contribution in [3.8, 4) is 0 Å². The number of rotatable bonds is 24. The molecule has 0 radical (unpaired) electrons. The van der Waals surface area contributed by atoms with Crippen LogP contribution in [0.5, 0.6) is 0 Å². The second-order valence-electron chi connectivity index (χ2n) is 16.3. The highest BCUT2D eigenvalue weighted by Crippen LogP contribution is 2.29. The van der Waals surface area contributed by atoms with Gasteiger partial charge in [0.2, 0.25) is 17.7 Å². The fraction of sp³-hybridized carbons (Fsp3) is 0.744. The number of amides is 3. The van der Waals surface area contributed by atoms with Crippen LogP contribution in [0.2, 0.25) is 0 Å². The number of carboxylic acid groups (broad SMARTS) is 1. The molecule has 3 amide bonds. The number of nitrogens with zero attached hydrogens (tertiary/aromatic N) is 1. The summed E-state index contributed by atoms with van der Waals surface area (Å²) in [5.41, 5.74) is 2.07. The molecular formula is C43H71N3O7. The predicted octanol–water partition coefficient (Wildman–Crippen LogP) is 7.76. The summed E-state index contributed by atoms with van der Waals surface area (Å²) in [6.45, 7) is 16.5. The van der Waals surface area contributed by atoms with Crippen molar-refractivity contribution in [1.29, 1.82) is 0 Å². The van der Waals surface area contributed by atoms with Gasteiger partial charge >= 0.3 is 5.97 Å². The Labute approximate surface area is 320 Å². The number of aryl methyl sites for hydroxylation is 1. The maximum atomic E-state index is 14.0. The SMILES string of the molecule is CCCCC[C@H](CC(=O)N1CCC(c2ccc(CCCC)cc2)CC1)C(=O)N[C@H](C(=O)C[C@@H](C)C(=O)N[C@@H](CCCCC)C(=O)O)[C@@H](C)OC(C)(C)C. The van der Waals surface area contributed by atoms with E-state index in [2.05, 4.69) is 48.7 Å². The van der Waals surface area contributed by atoms with E-state index in [1.54, 1.807) is 13.8 Å². The highest BCUT2D eigenvalue weighted by atomic mass is 16.5. The summed E-state index contributed by atoms with van der Waals surface area (Å²) in [5.74, 6) is -3.45. The van der Waals surface area contributed by atoms with Crippen LogP contribution in [0.15, 0.2) is 24.3 Å². The van der Waals surface area contributed by atoms with Crippen molar-refractivity contribution in [3.63, 3.8) is 0 Å². The van der Waals surface area contributed by atoms with Gasteiger partial charge < -0.3 is 25.4 Å². The van der Waals surface area contributed by atoms with Crippen molar-refractivity contribution in [3.05, 3.63) is 35.4 Å². The van der Waals surface area contributed by atoms with Crippen molar-refractivity contribution in [2.75, 3.05) is 13.1 Å². The third-order valence-electron chi connectivity index (χ3n) is 10.4. The molecule has 0 spiro atoms. The Morgan fingerprint density at radius 3 is 1.94 bits per heavy atom. The molecule has 1 aromatic carbocycles. The van der Waals surface area contributed by atoms with Gasteiger partial charge in [0.15, 0.2) is 5.78 Å². The summed E-state index contributed by atoms with van der Waals surface area (Å²) < 4.78 is 6.15. The molecule has 0 saturated carbocycles. The number of unbranched alkanes of at least 4 members (excludes halogenated alkanes) is 5. The van der Waals surface area contributed by atoms with Gasteiger partial charge in [-0.05, 0) is 83.3 Å². The van der Waals surface area contributed by atoms with Gasteiger partial charge in [-0.3, -0.25) is 19.2 Å². The van der Waals surface area contributed by atoms with Crippen molar-refractivity contribution in [2.45, 2.75) is 181 Å². The van der Waals surface area contributed by atoms with Crippen LogP contribution in [0, 0.1) is 11.8 Å². The van der Waals surface area contributed by atoms with Crippen LogP contribution in [0.25, 0.3) is 0 Å². The van der Waals surface area contributed by atoms with Gasteiger partial charge in [0.1, 0.15) is 12.1 Å². The van der Waals surface area contributed by atoms with E-state index < -0.39 is 47.5 Å². The van der Waals surface area contributed by atoms with Gasteiger partial charge in [0, 0.05) is 37.8 Å². The van der Waals surface area contributed by atoms with E-state index in [1.807, 2.05) is 32.6 Å². The minimum atomic E-state index is -1.11. The molecule has 0 aromatic heterocycles. The number of hydrogen-bond donors (Lipinski definition) is 3. The van der Waals surface area contributed by atoms with Crippen LogP contribution in [0.3, 0.4) is 0 Å². The lowest BCUT2D eigenvalue weighted by Crippen LogP contribution is -2.53. The maximum Gasteiger partial charge on any atom is 0.326 e. The molecule has 53 heavy (non-hydrogen) atoms. The number of carboxylic acids is 1. The number of aliphatic carboxylic acids is 1. The first-order valence-corrected chi connectivity index (χ1v) is 20.5. The Balaban J connectivity index is 2.13. The summed E-state index contributed by atoms with van der Waals surface area (Å²) >= 11 is 0. The number of ether oxygens (including phenoxy) is 1. The average Bonchev–Trinajstić information content (AvgIpc) is 3.11. The Kier molecular flexibility index (Phi) is 20.3. The molecule has 10 nitrogen and oxygen atoms in total. The summed E-state index contributed by atoms with van der Waals surface area (Å²) in [6.07, 6.45) is 10.3. The van der Waals surface area contributed by atoms with Crippen LogP contribution >= 0.6 is 0 Å². The highest BCUT2D eigenvalue weighted by Gasteiger charge is 2.36. The summed E-state index contributed by atoms with van der Waals surface area (Å²) in [6, 6.07) is 6.85. The lowest BCUT2D eigenvalue weighted by Gasteiger charge is -2.34. The number of nitrogens with one attached hydrogen (secondary N) is 2. The zero-order chi connectivity index (χ0) is 39.6. The maximum absolute atomic E-state index is 14.0. The Bertz CT molecular complexity index is 1280. The zero-order valence-corrected chi connectivity index (χ0v) is 34.1. The summed E-state index contributed by atoms with van der Waals surface area (Å²) in [4.78, 5) is 68.3. The standard InChI is InChI=1S/C43H71N3O7/c1-9-12-15-18-35(29-38(48)46-26-24-34(25-27-46)33-22-20-32(21-23-33)17-14-11-3)41(50)45-39(31(5)53-43(6,7)8)37(47)28-30(4)40(49)44-36(42(51)52)19-16-13-10-2/h20-23,30-31,34-36,39H,9-19,24-29H2,1-8H3,(H,44,49)(H,45,50)(H,51,52)/t30-,31-,35-,36+,39+/m1/s1. The predicted molar refractivity (Wildman–Crippen MR) is 211 cm³/mol. The molecule has 5 atom stereocenters. The smallest absolute Gasteiger partial charge is 0.326 e. The van der Waals surface area contributed by atoms with Gasteiger partial charge in [0.05, 0.1) is 11.7 Å². The van der Waals surface area contributed by atoms with Crippen LogP contribution in [-0.2, 0) is 35.1 Å². The number of carbonyl (C=O) groups is 5. The number of carbonyl (C=O) groups excluding carboxylic acids is 4. The molecule has 1 aliphatic heterocycles. The zero-order valence-electron chi connectivity index (χ0n) is 34.1. The molecule has 0 aliphatic carbocycles. The molecule has 10 heteroatoms. The van der Waals surface area contributed by atoms with Crippen LogP contribution in [0.1, 0.15) is 162 Å². The minimum absolute atomic E-state index is 0.0471. The number of ketones is 1. The normalized spacial score (nSPS) is 16.6. The second kappa shape index (κ2) is 23.5. The van der Waals surface area contributed by atoms with E-state index in [4.69, 9.17) is 4.74 Å². The third-order valence-corrected chi connectivity index (χ3v) is 10.4. The fourth-order valence-electron chi connectivity index (χ4n) is 7.15. The first-order chi connectivity index (χ1) is 25.1. The first-order valence-electron chi connectivity index (χ1n) is 20.5. The van der Waals surface area contributed by atoms with Gasteiger partial charge in [0.25, 0.3) is 0 Å². The molecule has 300 valence electrons. The number of hydrogen-bond acceptors (Lipinski definition) is 6. The third kappa shape index (κ3) is 16.7. The van der Waals surface area contributed by atoms with Crippen molar-refractivity contribution in [2.24, 2.45) is 11.8 Å². The first kappa shape index (κ1) is 45.9. The van der Waals surface area contributed by atoms with E-state index in [9.17, 15) is 29.1 Å². The summed E-state index contributed by atoms with van der Waals surface area (Å²) in [7, 11) is 0. The van der Waals surface area contributed by atoms with E-state index in [0.29, 0.717) is 38.3 Å². The van der Waals surface area contributed by atoms with Gasteiger partial charge in [-0.2, -0.15) is 0 Å². The Morgan fingerprint density at radius 2 is 1.40 bits per heavy atom. The van der Waals surface area contributed by atoms with Gasteiger partial charge in [-0.1, -0.05) is 96.9 Å². The number of Topliss-reactive ketones (excluding diaryl/α,β-unsaturated/α-hetero) is 1. The molecule has 1 heterocycles. The molecule has 1 aromatic rings. The molecule has 1 fully saturated rings. The van der Waals surface area contributed by atoms with Crippen molar-refractivity contribution in [1.82, 2.24) is 15.5 Å². The summed E-state index contributed by atoms with van der Waals surface area (Å²) in [5, 5.41) is 15.2. The van der Waals surface area contributed by atoms with E-state index in [1.165, 1.54) is 24.0 Å². The lowest BCUT2D eigenvalue weighted by molar-refractivity contribution is -0.143. The van der Waals surface area contributed by atoms with Gasteiger partial charge in [-0.15, -0.1) is 0 Å². The number of likely N-dealkylation sites (tertiary alicyclic amines) is 1. The number of benzene rings is 1. The Hall–Kier alpha value is -3.27. The van der Waals surface area contributed by atoms with Gasteiger partial charge in [-0.25, -0.2) is 4.79 Å². The molecule has 1 aliphatic rings. The number of piperidine rings is 1. The molecule has 1 saturated heterocycles. The van der Waals surface area contributed by atoms with E-state index >= 15 is 0 Å². The lowest BCUT2D eigenvalue weighted by atomic mass is 9.88. The monoisotopic (exact) mass is 742 g/mol. The topological polar surface area (TPSA) is 142 Å². The molecule has 0 unspecified atom stereocenters. The quantitative estimate of drug-likeness (QED) is 0.0920. The Morgan fingerprint density at radius 1 is 0.811 bits per heavy atom. The minimum Gasteiger partial charge on any atom is -0.480 e. The second-order valence-corrected chi connectivity index (χ2v) is 16.3. The fourth-order valence-corrected chi connectivity index (χ4v) is 7.15. The highest BCUT2D eigenvalue weighted by molar-refractivity contribution is 5.94. The van der Waals surface area contributed by atoms with E-state index in [-0.39, 0.29) is 30.4 Å². The average molecular weight is 742 g/mol. The largest absolute Gasteiger partial charge is 0.480 e. The van der Waals surface area contributed by atoms with Crippen LogP contribution in [-0.4, -0.2) is 76.4 Å². The molecular weight excluding hydrogens is 670 g/mol.